The van der Waals surface area contributed by atoms with Crippen LogP contribution in [0.4, 0.5) is 0 Å². The van der Waals surface area contributed by atoms with Gasteiger partial charge in [-0.15, -0.1) is 0 Å². The molecule has 4 nitrogen and oxygen atoms in total. The van der Waals surface area contributed by atoms with Gasteiger partial charge in [-0.1, -0.05) is 34.6 Å². The van der Waals surface area contributed by atoms with Crippen LogP contribution in [0.1, 0.15) is 53.9 Å². The number of rotatable bonds is 9. The van der Waals surface area contributed by atoms with Crippen LogP contribution in [-0.4, -0.2) is 54.1 Å². The van der Waals surface area contributed by atoms with Gasteiger partial charge in [-0.2, -0.15) is 0 Å². The number of hydrogen-bond donors (Lipinski definition) is 1. The second-order valence-electron chi connectivity index (χ2n) is 6.18. The molecule has 1 heterocycles. The van der Waals surface area contributed by atoms with Crippen LogP contribution in [0.2, 0.25) is 0 Å². The summed E-state index contributed by atoms with van der Waals surface area (Å²) in [6.45, 7) is 15.1. The fraction of sp³-hybridized carbons (Fsp3) is 0.938. The maximum absolute atomic E-state index is 12.4. The third-order valence-electron chi connectivity index (χ3n) is 4.22. The van der Waals surface area contributed by atoms with E-state index in [-0.39, 0.29) is 12.2 Å². The van der Waals surface area contributed by atoms with Crippen LogP contribution in [0.25, 0.3) is 0 Å². The van der Waals surface area contributed by atoms with Gasteiger partial charge in [0.15, 0.2) is 0 Å². The van der Waals surface area contributed by atoms with Crippen molar-refractivity contribution in [3.8, 4) is 0 Å². The van der Waals surface area contributed by atoms with Crippen LogP contribution in [0.3, 0.4) is 0 Å². The van der Waals surface area contributed by atoms with Gasteiger partial charge in [-0.05, 0) is 44.8 Å². The molecular formula is C16H33N3O. The van der Waals surface area contributed by atoms with Crippen LogP contribution in [0, 0.1) is 5.92 Å². The maximum Gasteiger partial charge on any atom is 0.241 e. The van der Waals surface area contributed by atoms with E-state index in [9.17, 15) is 4.79 Å². The first-order valence-corrected chi connectivity index (χ1v) is 8.32. The summed E-state index contributed by atoms with van der Waals surface area (Å²) in [5, 5.41) is 3.50. The van der Waals surface area contributed by atoms with Gasteiger partial charge < -0.3 is 9.80 Å². The lowest BCUT2D eigenvalue weighted by atomic mass is 10.1. The molecule has 1 saturated heterocycles. The number of nitrogens with one attached hydrogen (secondary N) is 1. The second kappa shape index (κ2) is 8.63. The van der Waals surface area contributed by atoms with Crippen molar-refractivity contribution in [2.75, 3.05) is 26.2 Å². The Morgan fingerprint density at radius 2 is 1.90 bits per heavy atom. The summed E-state index contributed by atoms with van der Waals surface area (Å²) < 4.78 is 0. The van der Waals surface area contributed by atoms with Crippen molar-refractivity contribution in [3.05, 3.63) is 0 Å². The highest BCUT2D eigenvalue weighted by Crippen LogP contribution is 2.19. The Bertz CT molecular complexity index is 289. The molecule has 0 saturated carbocycles. The summed E-state index contributed by atoms with van der Waals surface area (Å²) >= 11 is 0. The minimum atomic E-state index is 0.0344. The molecule has 0 aromatic heterocycles. The van der Waals surface area contributed by atoms with E-state index < -0.39 is 0 Å². The SMILES string of the molecule is CCC1NC(CC(C)C)N(CCCN(CC)CC)C1=O. The molecule has 0 spiro atoms. The van der Waals surface area contributed by atoms with Gasteiger partial charge in [0, 0.05) is 6.54 Å². The molecule has 1 N–H and O–H groups in total. The summed E-state index contributed by atoms with van der Waals surface area (Å²) in [6, 6.07) is 0.0344. The third kappa shape index (κ3) is 4.74. The normalized spacial score (nSPS) is 23.4. The molecule has 0 bridgehead atoms. The molecule has 0 aromatic carbocycles. The number of nitrogens with zero attached hydrogens (tertiary/aromatic N) is 2. The standard InChI is InChI=1S/C16H33N3O/c1-6-14-16(20)19(15(17-14)12-13(4)5)11-9-10-18(7-2)8-3/h13-15,17H,6-12H2,1-5H3. The number of amides is 1. The fourth-order valence-electron chi connectivity index (χ4n) is 2.95. The van der Waals surface area contributed by atoms with Gasteiger partial charge in [0.1, 0.15) is 0 Å². The molecular weight excluding hydrogens is 250 g/mol. The van der Waals surface area contributed by atoms with E-state index in [1.54, 1.807) is 0 Å². The quantitative estimate of drug-likeness (QED) is 0.705. The third-order valence-corrected chi connectivity index (χ3v) is 4.22. The van der Waals surface area contributed by atoms with Gasteiger partial charge >= 0.3 is 0 Å². The zero-order valence-corrected chi connectivity index (χ0v) is 14.0. The molecule has 1 amide bonds. The van der Waals surface area contributed by atoms with E-state index >= 15 is 0 Å². The second-order valence-corrected chi connectivity index (χ2v) is 6.18. The summed E-state index contributed by atoms with van der Waals surface area (Å²) in [6.07, 6.45) is 3.25. The van der Waals surface area contributed by atoms with Gasteiger partial charge in [0.25, 0.3) is 0 Å². The average Bonchev–Trinajstić information content (AvgIpc) is 2.70. The largest absolute Gasteiger partial charge is 0.326 e. The molecule has 1 aliphatic rings. The van der Waals surface area contributed by atoms with Gasteiger partial charge in [-0.25, -0.2) is 0 Å². The van der Waals surface area contributed by atoms with Crippen molar-refractivity contribution in [2.24, 2.45) is 5.92 Å². The number of hydrogen-bond acceptors (Lipinski definition) is 3. The molecule has 4 heteroatoms. The molecule has 0 aliphatic carbocycles. The lowest BCUT2D eigenvalue weighted by Crippen LogP contribution is -2.40. The first-order chi connectivity index (χ1) is 9.53. The van der Waals surface area contributed by atoms with Gasteiger partial charge in [-0.3, -0.25) is 10.1 Å². The minimum Gasteiger partial charge on any atom is -0.326 e. The van der Waals surface area contributed by atoms with Crippen LogP contribution >= 0.6 is 0 Å². The lowest BCUT2D eigenvalue weighted by molar-refractivity contribution is -0.130. The van der Waals surface area contributed by atoms with Crippen LogP contribution in [-0.2, 0) is 4.79 Å². The van der Waals surface area contributed by atoms with E-state index in [1.807, 2.05) is 0 Å². The summed E-state index contributed by atoms with van der Waals surface area (Å²) in [5.74, 6) is 0.916. The van der Waals surface area contributed by atoms with Crippen molar-refractivity contribution in [1.82, 2.24) is 15.1 Å². The molecule has 0 aromatic rings. The summed E-state index contributed by atoms with van der Waals surface area (Å²) in [7, 11) is 0. The Morgan fingerprint density at radius 3 is 2.40 bits per heavy atom. The lowest BCUT2D eigenvalue weighted by Gasteiger charge is -2.27. The van der Waals surface area contributed by atoms with E-state index in [0.29, 0.717) is 11.8 Å². The number of carbonyl (C=O) groups excluding carboxylic acids is 1. The first kappa shape index (κ1) is 17.4. The Morgan fingerprint density at radius 1 is 1.25 bits per heavy atom. The molecule has 2 atom stereocenters. The molecule has 20 heavy (non-hydrogen) atoms. The number of carbonyl (C=O) groups is 1. The van der Waals surface area contributed by atoms with Crippen molar-refractivity contribution in [3.63, 3.8) is 0 Å². The molecule has 1 rings (SSSR count). The minimum absolute atomic E-state index is 0.0344. The van der Waals surface area contributed by atoms with Crippen LogP contribution in [0.5, 0.6) is 0 Å². The Labute approximate surface area is 124 Å². The smallest absolute Gasteiger partial charge is 0.241 e. The van der Waals surface area contributed by atoms with E-state index in [0.717, 1.165) is 45.4 Å². The van der Waals surface area contributed by atoms with E-state index in [1.165, 1.54) is 0 Å². The summed E-state index contributed by atoms with van der Waals surface area (Å²) in [4.78, 5) is 16.9. The molecule has 118 valence electrons. The predicted octanol–water partition coefficient (Wildman–Crippen LogP) is 2.30. The van der Waals surface area contributed by atoms with Crippen molar-refractivity contribution >= 4 is 5.91 Å². The summed E-state index contributed by atoms with van der Waals surface area (Å²) in [5.41, 5.74) is 0. The Hall–Kier alpha value is -0.610. The highest BCUT2D eigenvalue weighted by Gasteiger charge is 2.37. The zero-order valence-electron chi connectivity index (χ0n) is 14.0. The van der Waals surface area contributed by atoms with Crippen molar-refractivity contribution in [2.45, 2.75) is 66.1 Å². The Balaban J connectivity index is 2.52. The topological polar surface area (TPSA) is 35.6 Å². The van der Waals surface area contributed by atoms with Crippen molar-refractivity contribution < 1.29 is 4.79 Å². The first-order valence-electron chi connectivity index (χ1n) is 8.32. The maximum atomic E-state index is 12.4. The highest BCUT2D eigenvalue weighted by molar-refractivity contribution is 5.84. The van der Waals surface area contributed by atoms with Gasteiger partial charge in [0.2, 0.25) is 5.91 Å². The predicted molar refractivity (Wildman–Crippen MR) is 84.6 cm³/mol. The van der Waals surface area contributed by atoms with Crippen molar-refractivity contribution in [1.29, 1.82) is 0 Å². The molecule has 2 unspecified atom stereocenters. The Kier molecular flexibility index (Phi) is 7.52. The monoisotopic (exact) mass is 283 g/mol. The van der Waals surface area contributed by atoms with E-state index in [4.69, 9.17) is 0 Å². The molecule has 1 aliphatic heterocycles. The zero-order chi connectivity index (χ0) is 15.1. The van der Waals surface area contributed by atoms with Gasteiger partial charge in [0.05, 0.1) is 12.2 Å². The average molecular weight is 283 g/mol. The fourth-order valence-corrected chi connectivity index (χ4v) is 2.95. The van der Waals surface area contributed by atoms with Crippen LogP contribution < -0.4 is 5.32 Å². The van der Waals surface area contributed by atoms with E-state index in [2.05, 4.69) is 49.7 Å². The molecule has 1 fully saturated rings. The van der Waals surface area contributed by atoms with Crippen LogP contribution in [0.15, 0.2) is 0 Å². The molecule has 0 radical (unpaired) electrons. The highest BCUT2D eigenvalue weighted by atomic mass is 16.2.